The van der Waals surface area contributed by atoms with E-state index in [1.165, 1.54) is 36.8 Å². The zero-order valence-corrected chi connectivity index (χ0v) is 41.3. The van der Waals surface area contributed by atoms with Crippen LogP contribution in [0, 0.1) is 17.5 Å². The summed E-state index contributed by atoms with van der Waals surface area (Å²) in [7, 11) is 6.07. The Labute approximate surface area is 412 Å². The van der Waals surface area contributed by atoms with Gasteiger partial charge in [0.1, 0.15) is 34.1 Å². The Hall–Kier alpha value is -7.23. The summed E-state index contributed by atoms with van der Waals surface area (Å²) in [4.78, 5) is 83.2. The lowest BCUT2D eigenvalue weighted by Crippen LogP contribution is -2.44. The van der Waals surface area contributed by atoms with Crippen molar-refractivity contribution in [1.82, 2.24) is 28.4 Å². The third-order valence-corrected chi connectivity index (χ3v) is 13.7. The fourth-order valence-corrected chi connectivity index (χ4v) is 9.31. The first-order valence-electron chi connectivity index (χ1n) is 23.9. The topological polar surface area (TPSA) is 197 Å². The van der Waals surface area contributed by atoms with Crippen LogP contribution in [0.5, 0.6) is 0 Å². The number of carboxylic acid groups (broad SMARTS) is 3. The average Bonchev–Trinajstić information content (AvgIpc) is 3.35. The van der Waals surface area contributed by atoms with E-state index in [-0.39, 0.29) is 32.8 Å². The van der Waals surface area contributed by atoms with Crippen molar-refractivity contribution in [2.24, 2.45) is 0 Å². The summed E-state index contributed by atoms with van der Waals surface area (Å²) in [6.45, 7) is 16.4. The number of benzene rings is 3. The van der Waals surface area contributed by atoms with Gasteiger partial charge in [0.05, 0.1) is 33.6 Å². The van der Waals surface area contributed by atoms with Gasteiger partial charge < -0.3 is 58.4 Å². The second-order valence-electron chi connectivity index (χ2n) is 18.2. The van der Waals surface area contributed by atoms with Crippen molar-refractivity contribution in [2.45, 2.75) is 40.4 Å². The van der Waals surface area contributed by atoms with E-state index in [1.807, 2.05) is 56.6 Å². The molecule has 0 unspecified atom stereocenters. The van der Waals surface area contributed by atoms with Crippen LogP contribution in [0.25, 0.3) is 32.7 Å². The highest BCUT2D eigenvalue weighted by Crippen LogP contribution is 2.29. The molecule has 3 aromatic heterocycles. The number of hydrogen-bond acceptors (Lipinski definition) is 12. The zero-order chi connectivity index (χ0) is 52.3. The minimum atomic E-state index is -1.30. The van der Waals surface area contributed by atoms with Crippen LogP contribution >= 0.6 is 0 Å². The average molecular weight is 1000 g/mol. The molecule has 9 rings (SSSR count). The fourth-order valence-electron chi connectivity index (χ4n) is 9.31. The number of pyridine rings is 3. The lowest BCUT2D eigenvalue weighted by molar-refractivity contribution is 0.0684. The predicted octanol–water partition coefficient (Wildman–Crippen LogP) is 4.83. The fraction of sp³-hybridized carbons (Fsp3) is 0.412. The van der Waals surface area contributed by atoms with Gasteiger partial charge >= 0.3 is 17.9 Å². The Morgan fingerprint density at radius 2 is 0.639 bits per heavy atom. The molecule has 0 radical (unpaired) electrons. The Balaban J connectivity index is 0.000000158. The largest absolute Gasteiger partial charge is 0.477 e. The van der Waals surface area contributed by atoms with Gasteiger partial charge in [-0.2, -0.15) is 0 Å². The first-order valence-corrected chi connectivity index (χ1v) is 23.9. The normalized spacial score (nSPS) is 15.9. The highest BCUT2D eigenvalue weighted by Gasteiger charge is 2.25. The number of halogens is 3. The van der Waals surface area contributed by atoms with Gasteiger partial charge in [0.2, 0.25) is 16.3 Å². The number of carbonyl (C=O) groups is 3. The van der Waals surface area contributed by atoms with E-state index in [9.17, 15) is 57.3 Å². The SMILES string of the molecule is CCn1cc(C(=O)O)c(=O)c2cc(F)c(N3CCN(C)CC3)cc21.CCn1cc(C(=O)O)c(=O)c2cc(F)c(N3CCN(C)CC3)cc21.CCn1cc(C(=O)O)c(=O)c2cc(F)c(N3CCN(C)CC3)cc21. The Kier molecular flexibility index (Phi) is 16.1. The van der Waals surface area contributed by atoms with Crippen molar-refractivity contribution in [2.75, 3.05) is 114 Å². The Morgan fingerprint density at radius 1 is 0.417 bits per heavy atom. The molecule has 0 spiro atoms. The summed E-state index contributed by atoms with van der Waals surface area (Å²) in [5, 5.41) is 27.8. The molecule has 72 heavy (non-hydrogen) atoms. The van der Waals surface area contributed by atoms with Crippen LogP contribution in [0.4, 0.5) is 30.2 Å². The van der Waals surface area contributed by atoms with Gasteiger partial charge in [-0.3, -0.25) is 14.4 Å². The Bertz CT molecular complexity index is 2900. The first-order chi connectivity index (χ1) is 34.3. The maximum absolute atomic E-state index is 14.6. The molecule has 3 saturated heterocycles. The van der Waals surface area contributed by atoms with E-state index in [0.29, 0.717) is 92.5 Å². The molecule has 0 amide bonds. The monoisotopic (exact) mass is 999 g/mol. The second-order valence-corrected chi connectivity index (χ2v) is 18.2. The number of aryl methyl sites for hydroxylation is 3. The van der Waals surface area contributed by atoms with Crippen LogP contribution in [0.3, 0.4) is 0 Å². The maximum Gasteiger partial charge on any atom is 0.341 e. The van der Waals surface area contributed by atoms with E-state index < -0.39 is 51.6 Å². The maximum atomic E-state index is 14.6. The lowest BCUT2D eigenvalue weighted by atomic mass is 10.1. The number of carboxylic acids is 3. The Morgan fingerprint density at radius 3 is 0.833 bits per heavy atom. The summed E-state index contributed by atoms with van der Waals surface area (Å²) in [6.07, 6.45) is 4.00. The van der Waals surface area contributed by atoms with Crippen molar-refractivity contribution in [3.05, 3.63) is 120 Å². The van der Waals surface area contributed by atoms with Crippen molar-refractivity contribution in [3.8, 4) is 0 Å². The molecule has 21 heteroatoms. The van der Waals surface area contributed by atoms with Crippen LogP contribution in [0.1, 0.15) is 51.8 Å². The highest BCUT2D eigenvalue weighted by atomic mass is 19.1. The molecule has 6 heterocycles. The number of anilines is 3. The van der Waals surface area contributed by atoms with Crippen molar-refractivity contribution >= 4 is 67.7 Å². The van der Waals surface area contributed by atoms with Crippen molar-refractivity contribution in [1.29, 1.82) is 0 Å². The number of rotatable bonds is 9. The van der Waals surface area contributed by atoms with Gasteiger partial charge in [-0.15, -0.1) is 0 Å². The summed E-state index contributed by atoms with van der Waals surface area (Å²) in [5.41, 5.74) is 0.0979. The second kappa shape index (κ2) is 22.0. The van der Waals surface area contributed by atoms with E-state index in [4.69, 9.17) is 0 Å². The van der Waals surface area contributed by atoms with Crippen LogP contribution in [-0.4, -0.2) is 161 Å². The summed E-state index contributed by atoms with van der Waals surface area (Å²) >= 11 is 0. The van der Waals surface area contributed by atoms with E-state index >= 15 is 0 Å². The van der Waals surface area contributed by atoms with Gasteiger partial charge in [-0.1, -0.05) is 0 Å². The van der Waals surface area contributed by atoms with Gasteiger partial charge in [0.15, 0.2) is 0 Å². The van der Waals surface area contributed by atoms with E-state index in [0.717, 1.165) is 39.3 Å². The van der Waals surface area contributed by atoms with Crippen LogP contribution in [0.2, 0.25) is 0 Å². The third kappa shape index (κ3) is 10.8. The van der Waals surface area contributed by atoms with E-state index in [2.05, 4.69) is 14.7 Å². The quantitative estimate of drug-likeness (QED) is 0.178. The molecule has 3 aliphatic heterocycles. The minimum Gasteiger partial charge on any atom is -0.477 e. The molecule has 3 fully saturated rings. The van der Waals surface area contributed by atoms with Gasteiger partial charge in [-0.25, -0.2) is 27.6 Å². The molecule has 3 aromatic carbocycles. The molecular formula is C51H60F3N9O9. The highest BCUT2D eigenvalue weighted by molar-refractivity contribution is 5.95. The molecule has 3 N–H and O–H groups in total. The van der Waals surface area contributed by atoms with Gasteiger partial charge in [0, 0.05) is 133 Å². The molecule has 6 aromatic rings. The van der Waals surface area contributed by atoms with Crippen LogP contribution in [0.15, 0.2) is 69.4 Å². The minimum absolute atomic E-state index is 0.104. The molecule has 0 saturated carbocycles. The predicted molar refractivity (Wildman–Crippen MR) is 272 cm³/mol. The molecule has 0 bridgehead atoms. The third-order valence-electron chi connectivity index (χ3n) is 13.7. The number of hydrogen-bond donors (Lipinski definition) is 3. The number of piperazine rings is 3. The molecular weight excluding hydrogens is 940 g/mol. The molecule has 18 nitrogen and oxygen atoms in total. The first kappa shape index (κ1) is 52.6. The lowest BCUT2D eigenvalue weighted by Gasteiger charge is -2.34. The van der Waals surface area contributed by atoms with Crippen LogP contribution < -0.4 is 31.0 Å². The summed E-state index contributed by atoms with van der Waals surface area (Å²) in [5.74, 6) is -5.37. The standard InChI is InChI=1S/3C17H20FN3O3/c3*1-3-20-10-12(17(23)24)16(22)11-8-13(18)15(9-14(11)20)21-6-4-19(2)5-7-21/h3*8-10H,3-7H2,1-2H3,(H,23,24). The smallest absolute Gasteiger partial charge is 0.341 e. The number of nitrogens with zero attached hydrogens (tertiary/aromatic N) is 9. The van der Waals surface area contributed by atoms with E-state index in [1.54, 1.807) is 31.9 Å². The molecule has 384 valence electrons. The zero-order valence-electron chi connectivity index (χ0n) is 41.3. The number of fused-ring (bicyclic) bond motifs is 3. The van der Waals surface area contributed by atoms with Gasteiger partial charge in [-0.05, 0) is 78.3 Å². The molecule has 0 atom stereocenters. The van der Waals surface area contributed by atoms with Gasteiger partial charge in [0.25, 0.3) is 0 Å². The molecule has 0 aliphatic carbocycles. The van der Waals surface area contributed by atoms with Crippen molar-refractivity contribution < 1.29 is 42.9 Å². The number of aromatic nitrogens is 3. The number of aromatic carboxylic acids is 3. The van der Waals surface area contributed by atoms with Crippen LogP contribution in [-0.2, 0) is 19.6 Å². The number of likely N-dealkylation sites (N-methyl/N-ethyl adjacent to an activating group) is 3. The van der Waals surface area contributed by atoms with Crippen molar-refractivity contribution in [3.63, 3.8) is 0 Å². The molecule has 3 aliphatic rings. The summed E-state index contributed by atoms with van der Waals surface area (Å²) < 4.78 is 48.8. The summed E-state index contributed by atoms with van der Waals surface area (Å²) in [6, 6.07) is 8.49.